The van der Waals surface area contributed by atoms with Gasteiger partial charge in [0.05, 0.1) is 17.7 Å². The third-order valence-corrected chi connectivity index (χ3v) is 5.87. The fourth-order valence-electron chi connectivity index (χ4n) is 4.36. The smallest absolute Gasteiger partial charge is 0.139 e. The average molecular weight is 327 g/mol. The Kier molecular flexibility index (Phi) is 3.93. The fourth-order valence-corrected chi connectivity index (χ4v) is 4.36. The molecule has 1 saturated heterocycles. The number of aliphatic hydroxyl groups is 1. The lowest BCUT2D eigenvalue weighted by Crippen LogP contribution is -2.62. The first-order chi connectivity index (χ1) is 11.6. The lowest BCUT2D eigenvalue weighted by molar-refractivity contribution is -0.199. The molecule has 128 valence electrons. The van der Waals surface area contributed by atoms with E-state index in [2.05, 4.69) is 40.0 Å². The van der Waals surface area contributed by atoms with E-state index in [-0.39, 0.29) is 17.6 Å². The Morgan fingerprint density at radius 1 is 1.29 bits per heavy atom. The maximum absolute atomic E-state index is 10.4. The van der Waals surface area contributed by atoms with Gasteiger partial charge in [0, 0.05) is 36.9 Å². The zero-order chi connectivity index (χ0) is 16.7. The molecule has 1 aliphatic heterocycles. The summed E-state index contributed by atoms with van der Waals surface area (Å²) >= 11 is 0. The highest BCUT2D eigenvalue weighted by Gasteiger charge is 2.56. The average Bonchev–Trinajstić information content (AvgIpc) is 2.61. The molecule has 1 aromatic heterocycles. The van der Waals surface area contributed by atoms with Crippen LogP contribution in [0.2, 0.25) is 0 Å². The molecule has 0 radical (unpaired) electrons. The number of fused-ring (bicyclic) bond motifs is 1. The highest BCUT2D eigenvalue weighted by molar-refractivity contribution is 5.89. The quantitative estimate of drug-likeness (QED) is 0.939. The van der Waals surface area contributed by atoms with Crippen LogP contribution < -0.4 is 4.90 Å². The Hall–Kier alpha value is -1.72. The maximum Gasteiger partial charge on any atom is 0.139 e. The van der Waals surface area contributed by atoms with Crippen molar-refractivity contribution in [2.45, 2.75) is 45.3 Å². The number of ether oxygens (including phenoxy) is 1. The van der Waals surface area contributed by atoms with Gasteiger partial charge in [-0.05, 0) is 38.8 Å². The topological polar surface area (TPSA) is 58.5 Å². The van der Waals surface area contributed by atoms with Crippen molar-refractivity contribution >= 4 is 16.7 Å². The summed E-state index contributed by atoms with van der Waals surface area (Å²) in [5.41, 5.74) is 2.16. The molecule has 2 aromatic rings. The van der Waals surface area contributed by atoms with E-state index in [4.69, 9.17) is 4.74 Å². The van der Waals surface area contributed by atoms with Gasteiger partial charge in [-0.25, -0.2) is 9.97 Å². The summed E-state index contributed by atoms with van der Waals surface area (Å²) in [4.78, 5) is 11.3. The molecular weight excluding hydrogens is 302 g/mol. The SMILES string of the molecule is CCO[C@@H]1C[C@@H](O)C12CCN(c1ncnc3ccc(C)cc13)CC2. The molecule has 0 unspecified atom stereocenters. The minimum Gasteiger partial charge on any atom is -0.392 e. The molecule has 0 amide bonds. The van der Waals surface area contributed by atoms with Crippen LogP contribution in [-0.2, 0) is 4.74 Å². The molecule has 1 aromatic carbocycles. The molecule has 2 heterocycles. The lowest BCUT2D eigenvalue weighted by atomic mass is 9.58. The van der Waals surface area contributed by atoms with Crippen molar-refractivity contribution in [3.8, 4) is 0 Å². The van der Waals surface area contributed by atoms with Crippen LogP contribution in [0.1, 0.15) is 31.7 Å². The third-order valence-electron chi connectivity index (χ3n) is 5.87. The molecule has 4 rings (SSSR count). The van der Waals surface area contributed by atoms with Crippen molar-refractivity contribution in [2.24, 2.45) is 5.41 Å². The van der Waals surface area contributed by atoms with Gasteiger partial charge in [-0.3, -0.25) is 0 Å². The zero-order valence-corrected chi connectivity index (χ0v) is 14.4. The molecule has 1 saturated carbocycles. The zero-order valence-electron chi connectivity index (χ0n) is 14.4. The molecule has 0 bridgehead atoms. The molecule has 2 fully saturated rings. The van der Waals surface area contributed by atoms with Gasteiger partial charge >= 0.3 is 0 Å². The van der Waals surface area contributed by atoms with Gasteiger partial charge in [0.1, 0.15) is 12.1 Å². The van der Waals surface area contributed by atoms with Crippen molar-refractivity contribution < 1.29 is 9.84 Å². The number of rotatable bonds is 3. The maximum atomic E-state index is 10.4. The second-order valence-corrected chi connectivity index (χ2v) is 7.13. The van der Waals surface area contributed by atoms with Gasteiger partial charge in [0.15, 0.2) is 0 Å². The van der Waals surface area contributed by atoms with Gasteiger partial charge in [0.2, 0.25) is 0 Å². The van der Waals surface area contributed by atoms with E-state index in [1.54, 1.807) is 6.33 Å². The first-order valence-electron chi connectivity index (χ1n) is 8.90. The first kappa shape index (κ1) is 15.8. The number of piperidine rings is 1. The third kappa shape index (κ3) is 2.38. The molecule has 5 heteroatoms. The molecule has 2 aliphatic rings. The molecule has 2 atom stereocenters. The van der Waals surface area contributed by atoms with Crippen LogP contribution in [0.5, 0.6) is 0 Å². The van der Waals surface area contributed by atoms with Crippen molar-refractivity contribution in [1.29, 1.82) is 0 Å². The van der Waals surface area contributed by atoms with E-state index < -0.39 is 0 Å². The van der Waals surface area contributed by atoms with Crippen LogP contribution in [0.4, 0.5) is 5.82 Å². The van der Waals surface area contributed by atoms with Gasteiger partial charge < -0.3 is 14.7 Å². The van der Waals surface area contributed by atoms with Crippen LogP contribution in [0.25, 0.3) is 10.9 Å². The number of hydrogen-bond donors (Lipinski definition) is 1. The Morgan fingerprint density at radius 3 is 2.79 bits per heavy atom. The Morgan fingerprint density at radius 2 is 2.08 bits per heavy atom. The fraction of sp³-hybridized carbons (Fsp3) is 0.579. The van der Waals surface area contributed by atoms with Crippen LogP contribution in [0.3, 0.4) is 0 Å². The summed E-state index contributed by atoms with van der Waals surface area (Å²) in [5, 5.41) is 11.5. The monoisotopic (exact) mass is 327 g/mol. The van der Waals surface area contributed by atoms with Crippen molar-refractivity contribution in [3.63, 3.8) is 0 Å². The summed E-state index contributed by atoms with van der Waals surface area (Å²) < 4.78 is 5.86. The van der Waals surface area contributed by atoms with E-state index in [1.807, 2.05) is 6.92 Å². The van der Waals surface area contributed by atoms with Crippen LogP contribution in [0, 0.1) is 12.3 Å². The predicted octanol–water partition coefficient (Wildman–Crippen LogP) is 2.69. The standard InChI is InChI=1S/C19H25N3O2/c1-3-24-17-11-16(23)19(17)6-8-22(9-7-19)18-14-10-13(2)4-5-15(14)20-12-21-18/h4-5,10,12,16-17,23H,3,6-9,11H2,1-2H3/t16-,17-/m1/s1. The van der Waals surface area contributed by atoms with Gasteiger partial charge in [0.25, 0.3) is 0 Å². The summed E-state index contributed by atoms with van der Waals surface area (Å²) in [6.45, 7) is 6.65. The minimum absolute atomic E-state index is 0.0503. The van der Waals surface area contributed by atoms with Crippen LogP contribution in [-0.4, -0.2) is 47.0 Å². The van der Waals surface area contributed by atoms with Crippen molar-refractivity contribution in [1.82, 2.24) is 9.97 Å². The van der Waals surface area contributed by atoms with Gasteiger partial charge in [-0.2, -0.15) is 0 Å². The predicted molar refractivity (Wildman–Crippen MR) is 94.2 cm³/mol. The van der Waals surface area contributed by atoms with Crippen LogP contribution >= 0.6 is 0 Å². The molecule has 5 nitrogen and oxygen atoms in total. The Bertz CT molecular complexity index is 738. The Balaban J connectivity index is 1.57. The first-order valence-corrected chi connectivity index (χ1v) is 8.90. The summed E-state index contributed by atoms with van der Waals surface area (Å²) in [6, 6.07) is 6.31. The number of hydrogen-bond acceptors (Lipinski definition) is 5. The number of aryl methyl sites for hydroxylation is 1. The molecule has 24 heavy (non-hydrogen) atoms. The normalized spacial score (nSPS) is 25.9. The van der Waals surface area contributed by atoms with E-state index in [9.17, 15) is 5.11 Å². The minimum atomic E-state index is -0.222. The van der Waals surface area contributed by atoms with Gasteiger partial charge in [-0.15, -0.1) is 0 Å². The second-order valence-electron chi connectivity index (χ2n) is 7.13. The Labute approximate surface area is 142 Å². The summed E-state index contributed by atoms with van der Waals surface area (Å²) in [6.07, 6.45) is 4.33. The summed E-state index contributed by atoms with van der Waals surface area (Å²) in [7, 11) is 0. The van der Waals surface area contributed by atoms with Crippen molar-refractivity contribution in [2.75, 3.05) is 24.6 Å². The molecular formula is C19H25N3O2. The summed E-state index contributed by atoms with van der Waals surface area (Å²) in [5.74, 6) is 1.01. The van der Waals surface area contributed by atoms with E-state index in [0.29, 0.717) is 0 Å². The van der Waals surface area contributed by atoms with Gasteiger partial charge in [-0.1, -0.05) is 11.6 Å². The van der Waals surface area contributed by atoms with Crippen molar-refractivity contribution in [3.05, 3.63) is 30.1 Å². The largest absolute Gasteiger partial charge is 0.392 e. The number of nitrogens with zero attached hydrogens (tertiary/aromatic N) is 3. The lowest BCUT2D eigenvalue weighted by Gasteiger charge is -2.56. The molecule has 1 N–H and O–H groups in total. The van der Waals surface area contributed by atoms with Crippen LogP contribution in [0.15, 0.2) is 24.5 Å². The number of anilines is 1. The van der Waals surface area contributed by atoms with E-state index in [0.717, 1.165) is 55.7 Å². The molecule has 1 spiro atoms. The highest BCUT2D eigenvalue weighted by atomic mass is 16.5. The second kappa shape index (κ2) is 5.97. The number of aromatic nitrogens is 2. The van der Waals surface area contributed by atoms with E-state index in [1.165, 1.54) is 5.56 Å². The number of aliphatic hydroxyl groups excluding tert-OH is 1. The van der Waals surface area contributed by atoms with E-state index >= 15 is 0 Å². The number of benzene rings is 1. The highest BCUT2D eigenvalue weighted by Crippen LogP contribution is 2.51. The molecule has 1 aliphatic carbocycles.